The molecule has 4 aromatic rings. The number of hydrogen-bond acceptors (Lipinski definition) is 3. The van der Waals surface area contributed by atoms with Gasteiger partial charge in [0.1, 0.15) is 0 Å². The predicted molar refractivity (Wildman–Crippen MR) is 123 cm³/mol. The highest BCUT2D eigenvalue weighted by atomic mass is 35.5. The molecule has 1 atom stereocenters. The van der Waals surface area contributed by atoms with E-state index in [1.54, 1.807) is 12.5 Å². The summed E-state index contributed by atoms with van der Waals surface area (Å²) >= 11 is 0. The zero-order valence-electron chi connectivity index (χ0n) is 15.7. The molecule has 6 heteroatoms. The van der Waals surface area contributed by atoms with Gasteiger partial charge in [-0.05, 0) is 33.5 Å². The fourth-order valence-electron chi connectivity index (χ4n) is 3.26. The van der Waals surface area contributed by atoms with Crippen molar-refractivity contribution in [1.82, 2.24) is 9.97 Å². The number of nitrogens with zero attached hydrogens (tertiary/aromatic N) is 1. The summed E-state index contributed by atoms with van der Waals surface area (Å²) in [6, 6.07) is 22.4. The first kappa shape index (κ1) is 22.6. The molecule has 0 saturated heterocycles. The van der Waals surface area contributed by atoms with Gasteiger partial charge in [0, 0.05) is 24.7 Å². The van der Waals surface area contributed by atoms with Crippen LogP contribution in [0.3, 0.4) is 0 Å². The minimum absolute atomic E-state index is 0. The number of aromatic amines is 1. The second kappa shape index (κ2) is 10.2. The Hall–Kier alpha value is -2.66. The third-order valence-electron chi connectivity index (χ3n) is 4.82. The summed E-state index contributed by atoms with van der Waals surface area (Å²) in [5.74, 6) is 0.0306. The highest BCUT2D eigenvalue weighted by Gasteiger charge is 2.15. The van der Waals surface area contributed by atoms with E-state index < -0.39 is 6.04 Å². The van der Waals surface area contributed by atoms with E-state index in [0.717, 1.165) is 16.8 Å². The number of H-pyrrole nitrogens is 1. The Kier molecular flexibility index (Phi) is 7.97. The number of nitrogens with two attached hydrogens (primary N) is 1. The van der Waals surface area contributed by atoms with Crippen LogP contribution in [0.4, 0.5) is 0 Å². The predicted octanol–water partition coefficient (Wildman–Crippen LogP) is 4.76. The summed E-state index contributed by atoms with van der Waals surface area (Å²) in [6.07, 6.45) is 4.12. The lowest BCUT2D eigenvalue weighted by Crippen LogP contribution is -2.34. The fourth-order valence-corrected chi connectivity index (χ4v) is 3.26. The number of halogens is 2. The van der Waals surface area contributed by atoms with Crippen molar-refractivity contribution in [3.05, 3.63) is 90.5 Å². The van der Waals surface area contributed by atoms with Crippen molar-refractivity contribution >= 4 is 41.4 Å². The highest BCUT2D eigenvalue weighted by Crippen LogP contribution is 2.25. The number of fused-ring (bicyclic) bond motifs is 1. The summed E-state index contributed by atoms with van der Waals surface area (Å²) in [6.45, 7) is 0. The van der Waals surface area contributed by atoms with E-state index in [0.29, 0.717) is 12.8 Å². The van der Waals surface area contributed by atoms with Crippen LogP contribution in [0.25, 0.3) is 21.9 Å². The Morgan fingerprint density at radius 3 is 2.31 bits per heavy atom. The molecule has 0 spiro atoms. The number of imidazole rings is 1. The van der Waals surface area contributed by atoms with E-state index >= 15 is 0 Å². The number of carbonyl (C=O) groups excluding carboxylic acids is 1. The number of rotatable bonds is 6. The van der Waals surface area contributed by atoms with Gasteiger partial charge in [0.25, 0.3) is 0 Å². The summed E-state index contributed by atoms with van der Waals surface area (Å²) in [5.41, 5.74) is 10.2. The summed E-state index contributed by atoms with van der Waals surface area (Å²) in [5, 5.41) is 2.45. The van der Waals surface area contributed by atoms with Crippen molar-refractivity contribution in [2.24, 2.45) is 5.73 Å². The Morgan fingerprint density at radius 1 is 0.931 bits per heavy atom. The van der Waals surface area contributed by atoms with Gasteiger partial charge in [-0.25, -0.2) is 4.98 Å². The maximum Gasteiger partial charge on any atom is 0.154 e. The third-order valence-corrected chi connectivity index (χ3v) is 4.82. The molecule has 3 N–H and O–H groups in total. The minimum Gasteiger partial charge on any atom is -0.348 e. The SMILES string of the molecule is Cl.Cl.N[C@@H](Cc1cnc[nH]1)C(=O)Cc1ccc(-c2ccc3ccccc3c2)cc1. The molecular weight excluding hydrogens is 405 g/mol. The average Bonchev–Trinajstić information content (AvgIpc) is 3.21. The summed E-state index contributed by atoms with van der Waals surface area (Å²) in [4.78, 5) is 19.3. The van der Waals surface area contributed by atoms with E-state index in [4.69, 9.17) is 5.73 Å². The van der Waals surface area contributed by atoms with Crippen molar-refractivity contribution in [2.45, 2.75) is 18.9 Å². The van der Waals surface area contributed by atoms with Gasteiger partial charge in [0.15, 0.2) is 5.78 Å². The van der Waals surface area contributed by atoms with Crippen LogP contribution in [0, 0.1) is 0 Å². The van der Waals surface area contributed by atoms with Crippen LogP contribution in [0.2, 0.25) is 0 Å². The number of aromatic nitrogens is 2. The molecule has 4 rings (SSSR count). The van der Waals surface area contributed by atoms with Crippen molar-refractivity contribution in [2.75, 3.05) is 0 Å². The Bertz CT molecular complexity index is 1060. The molecule has 0 fully saturated rings. The molecule has 0 saturated carbocycles. The average molecular weight is 428 g/mol. The molecule has 1 heterocycles. The number of hydrogen-bond donors (Lipinski definition) is 2. The van der Waals surface area contributed by atoms with E-state index in [-0.39, 0.29) is 30.6 Å². The van der Waals surface area contributed by atoms with Crippen molar-refractivity contribution in [3.63, 3.8) is 0 Å². The van der Waals surface area contributed by atoms with Gasteiger partial charge >= 0.3 is 0 Å². The van der Waals surface area contributed by atoms with Crippen LogP contribution in [-0.2, 0) is 17.6 Å². The molecule has 0 aliphatic carbocycles. The monoisotopic (exact) mass is 427 g/mol. The molecule has 4 nitrogen and oxygen atoms in total. The van der Waals surface area contributed by atoms with E-state index in [1.807, 2.05) is 24.3 Å². The molecule has 0 radical (unpaired) electrons. The van der Waals surface area contributed by atoms with Crippen LogP contribution < -0.4 is 5.73 Å². The fraction of sp³-hybridized carbons (Fsp3) is 0.130. The van der Waals surface area contributed by atoms with Gasteiger partial charge in [0.05, 0.1) is 12.4 Å². The molecule has 0 aliphatic rings. The first-order valence-electron chi connectivity index (χ1n) is 9.03. The van der Waals surface area contributed by atoms with Crippen molar-refractivity contribution < 1.29 is 4.79 Å². The van der Waals surface area contributed by atoms with Gasteiger partial charge in [-0.1, -0.05) is 60.7 Å². The highest BCUT2D eigenvalue weighted by molar-refractivity contribution is 5.88. The molecule has 0 amide bonds. The number of carbonyl (C=O) groups is 1. The Labute approximate surface area is 182 Å². The Balaban J connectivity index is 0.00000150. The van der Waals surface area contributed by atoms with Gasteiger partial charge in [-0.2, -0.15) is 0 Å². The molecule has 150 valence electrons. The van der Waals surface area contributed by atoms with Crippen molar-refractivity contribution in [1.29, 1.82) is 0 Å². The lowest BCUT2D eigenvalue weighted by atomic mass is 9.97. The maximum absolute atomic E-state index is 12.4. The summed E-state index contributed by atoms with van der Waals surface area (Å²) in [7, 11) is 0. The van der Waals surface area contributed by atoms with Crippen LogP contribution >= 0.6 is 24.8 Å². The molecule has 29 heavy (non-hydrogen) atoms. The number of ketones is 1. The number of nitrogens with one attached hydrogen (secondary N) is 1. The Morgan fingerprint density at radius 2 is 1.62 bits per heavy atom. The lowest BCUT2D eigenvalue weighted by molar-refractivity contribution is -0.119. The molecule has 0 unspecified atom stereocenters. The zero-order valence-corrected chi connectivity index (χ0v) is 17.4. The van der Waals surface area contributed by atoms with Gasteiger partial charge in [-0.15, -0.1) is 24.8 Å². The second-order valence-corrected chi connectivity index (χ2v) is 6.79. The standard InChI is InChI=1S/C23H21N3O.2ClH/c24-22(13-21-14-25-15-26-21)23(27)11-16-5-7-18(8-6-16)20-10-9-17-3-1-2-4-19(17)12-20;;/h1-10,12,14-15,22H,11,13,24H2,(H,25,26);2*1H/t22-;;/m0../s1. The lowest BCUT2D eigenvalue weighted by Gasteiger charge is -2.10. The first-order chi connectivity index (χ1) is 13.2. The van der Waals surface area contributed by atoms with Gasteiger partial charge in [0.2, 0.25) is 0 Å². The third kappa shape index (κ3) is 5.45. The molecule has 0 aliphatic heterocycles. The maximum atomic E-state index is 12.4. The second-order valence-electron chi connectivity index (χ2n) is 6.79. The van der Waals surface area contributed by atoms with Crippen LogP contribution in [0.15, 0.2) is 79.3 Å². The summed E-state index contributed by atoms with van der Waals surface area (Å²) < 4.78 is 0. The zero-order chi connectivity index (χ0) is 18.6. The normalized spacial score (nSPS) is 11.3. The van der Waals surface area contributed by atoms with Gasteiger partial charge < -0.3 is 10.7 Å². The van der Waals surface area contributed by atoms with Crippen LogP contribution in [-0.4, -0.2) is 21.8 Å². The van der Waals surface area contributed by atoms with Crippen molar-refractivity contribution in [3.8, 4) is 11.1 Å². The van der Waals surface area contributed by atoms with E-state index in [2.05, 4.69) is 52.4 Å². The quantitative estimate of drug-likeness (QED) is 0.465. The molecule has 1 aromatic heterocycles. The largest absolute Gasteiger partial charge is 0.348 e. The topological polar surface area (TPSA) is 71.8 Å². The van der Waals surface area contributed by atoms with Gasteiger partial charge in [-0.3, -0.25) is 4.79 Å². The van der Waals surface area contributed by atoms with E-state index in [1.165, 1.54) is 16.3 Å². The molecular formula is C23H23Cl2N3O. The number of benzene rings is 3. The minimum atomic E-state index is -0.523. The smallest absolute Gasteiger partial charge is 0.154 e. The van der Waals surface area contributed by atoms with Crippen LogP contribution in [0.5, 0.6) is 0 Å². The number of Topliss-reactive ketones (excluding diaryl/α,β-unsaturated/α-hetero) is 1. The molecule has 3 aromatic carbocycles. The molecule has 0 bridgehead atoms. The first-order valence-corrected chi connectivity index (χ1v) is 9.03. The van der Waals surface area contributed by atoms with E-state index in [9.17, 15) is 4.79 Å². The van der Waals surface area contributed by atoms with Crippen LogP contribution in [0.1, 0.15) is 11.3 Å².